The Morgan fingerprint density at radius 1 is 1.22 bits per heavy atom. The molecule has 0 aromatic heterocycles. The Hall–Kier alpha value is -1.19. The van der Waals surface area contributed by atoms with Gasteiger partial charge in [0.2, 0.25) is 0 Å². The van der Waals surface area contributed by atoms with Crippen molar-refractivity contribution in [1.29, 1.82) is 0 Å². The molecule has 0 fully saturated rings. The van der Waals surface area contributed by atoms with Gasteiger partial charge in [0.15, 0.2) is 0 Å². The maximum absolute atomic E-state index is 11.9. The van der Waals surface area contributed by atoms with Crippen LogP contribution < -0.4 is 10.9 Å². The zero-order valence-corrected chi connectivity index (χ0v) is 11.3. The molecule has 1 aromatic carbocycles. The predicted molar refractivity (Wildman–Crippen MR) is 73.6 cm³/mol. The number of amides is 1. The van der Waals surface area contributed by atoms with Gasteiger partial charge >= 0.3 is 0 Å². The molecule has 1 aliphatic rings. The Morgan fingerprint density at radius 2 is 2.06 bits per heavy atom. The van der Waals surface area contributed by atoms with Crippen molar-refractivity contribution in [2.45, 2.75) is 25.7 Å². The number of carbonyl (C=O) groups excluding carboxylic acids is 1. The molecule has 0 saturated carbocycles. The van der Waals surface area contributed by atoms with Gasteiger partial charge in [-0.15, -0.1) is 0 Å². The molecule has 0 unspecified atom stereocenters. The fourth-order valence-corrected chi connectivity index (χ4v) is 2.32. The summed E-state index contributed by atoms with van der Waals surface area (Å²) in [6.45, 7) is 0. The molecular weight excluding hydrogens is 271 g/mol. The molecule has 5 heteroatoms. The molecule has 18 heavy (non-hydrogen) atoms. The highest BCUT2D eigenvalue weighted by atomic mass is 35.5. The second-order valence-electron chi connectivity index (χ2n) is 4.18. The fourth-order valence-electron chi connectivity index (χ4n) is 1.83. The Morgan fingerprint density at radius 3 is 2.72 bits per heavy atom. The molecule has 2 rings (SSSR count). The highest BCUT2D eigenvalue weighted by molar-refractivity contribution is 6.36. The van der Waals surface area contributed by atoms with E-state index in [9.17, 15) is 4.79 Å². The van der Waals surface area contributed by atoms with Crippen molar-refractivity contribution in [2.75, 3.05) is 0 Å². The minimum Gasteiger partial charge on any atom is -0.303 e. The summed E-state index contributed by atoms with van der Waals surface area (Å²) in [4.78, 5) is 11.9. The molecule has 0 atom stereocenters. The van der Waals surface area contributed by atoms with Gasteiger partial charge < -0.3 is 5.43 Å². The van der Waals surface area contributed by atoms with E-state index in [1.165, 1.54) is 6.42 Å². The van der Waals surface area contributed by atoms with Crippen LogP contribution in [0.4, 0.5) is 0 Å². The van der Waals surface area contributed by atoms with Crippen LogP contribution in [-0.4, -0.2) is 5.91 Å². The number of halogens is 2. The third-order valence-electron chi connectivity index (χ3n) is 2.80. The molecular formula is C13H14Cl2N2O. The molecule has 1 aliphatic carbocycles. The molecule has 1 aromatic rings. The topological polar surface area (TPSA) is 41.1 Å². The number of benzene rings is 1. The van der Waals surface area contributed by atoms with Crippen LogP contribution in [0, 0.1) is 0 Å². The van der Waals surface area contributed by atoms with E-state index >= 15 is 0 Å². The van der Waals surface area contributed by atoms with E-state index in [0.29, 0.717) is 15.6 Å². The van der Waals surface area contributed by atoms with Gasteiger partial charge in [0, 0.05) is 10.7 Å². The van der Waals surface area contributed by atoms with E-state index < -0.39 is 0 Å². The number of rotatable bonds is 3. The summed E-state index contributed by atoms with van der Waals surface area (Å²) in [5.41, 5.74) is 7.04. The van der Waals surface area contributed by atoms with Crippen LogP contribution in [0.5, 0.6) is 0 Å². The molecule has 0 heterocycles. The average Bonchev–Trinajstić information content (AvgIpc) is 2.37. The van der Waals surface area contributed by atoms with Crippen molar-refractivity contribution in [2.24, 2.45) is 0 Å². The fraction of sp³-hybridized carbons (Fsp3) is 0.308. The highest BCUT2D eigenvalue weighted by Gasteiger charge is 2.11. The van der Waals surface area contributed by atoms with Gasteiger partial charge in [-0.3, -0.25) is 10.2 Å². The molecule has 0 saturated heterocycles. The van der Waals surface area contributed by atoms with Crippen LogP contribution in [0.15, 0.2) is 30.0 Å². The van der Waals surface area contributed by atoms with Crippen molar-refractivity contribution in [3.8, 4) is 0 Å². The highest BCUT2D eigenvalue weighted by Crippen LogP contribution is 2.20. The molecule has 0 radical (unpaired) electrons. The summed E-state index contributed by atoms with van der Waals surface area (Å²) in [7, 11) is 0. The second kappa shape index (κ2) is 6.12. The van der Waals surface area contributed by atoms with Crippen LogP contribution in [-0.2, 0) is 0 Å². The lowest BCUT2D eigenvalue weighted by molar-refractivity contribution is 0.0938. The van der Waals surface area contributed by atoms with Crippen molar-refractivity contribution in [1.82, 2.24) is 10.9 Å². The van der Waals surface area contributed by atoms with E-state index in [1.807, 2.05) is 0 Å². The number of hydrazine groups is 1. The van der Waals surface area contributed by atoms with Gasteiger partial charge in [0.25, 0.3) is 5.91 Å². The van der Waals surface area contributed by atoms with E-state index in [4.69, 9.17) is 23.2 Å². The summed E-state index contributed by atoms with van der Waals surface area (Å²) in [6, 6.07) is 4.80. The SMILES string of the molecule is O=C(NNC1=CCCCC1)c1ccc(Cl)cc1Cl. The van der Waals surface area contributed by atoms with Crippen LogP contribution in [0.2, 0.25) is 10.0 Å². The van der Waals surface area contributed by atoms with Gasteiger partial charge in [0.05, 0.1) is 10.6 Å². The lowest BCUT2D eigenvalue weighted by Gasteiger charge is -2.16. The first-order valence-electron chi connectivity index (χ1n) is 5.87. The lowest BCUT2D eigenvalue weighted by Crippen LogP contribution is -2.37. The Labute approximate surface area is 116 Å². The second-order valence-corrected chi connectivity index (χ2v) is 5.02. The summed E-state index contributed by atoms with van der Waals surface area (Å²) in [5, 5.41) is 0.860. The van der Waals surface area contributed by atoms with E-state index in [1.54, 1.807) is 18.2 Å². The number of hydrogen-bond acceptors (Lipinski definition) is 2. The number of allylic oxidation sites excluding steroid dienone is 2. The molecule has 0 bridgehead atoms. The average molecular weight is 285 g/mol. The largest absolute Gasteiger partial charge is 0.303 e. The first-order chi connectivity index (χ1) is 8.66. The van der Waals surface area contributed by atoms with Crippen LogP contribution in [0.1, 0.15) is 36.0 Å². The van der Waals surface area contributed by atoms with Crippen molar-refractivity contribution < 1.29 is 4.79 Å². The van der Waals surface area contributed by atoms with Crippen molar-refractivity contribution >= 4 is 29.1 Å². The van der Waals surface area contributed by atoms with Crippen LogP contribution in [0.25, 0.3) is 0 Å². The van der Waals surface area contributed by atoms with Crippen molar-refractivity contribution in [3.05, 3.63) is 45.6 Å². The van der Waals surface area contributed by atoms with Gasteiger partial charge in [0.1, 0.15) is 0 Å². The van der Waals surface area contributed by atoms with E-state index in [-0.39, 0.29) is 5.91 Å². The molecule has 0 spiro atoms. The van der Waals surface area contributed by atoms with Gasteiger partial charge in [-0.2, -0.15) is 0 Å². The van der Waals surface area contributed by atoms with E-state index in [2.05, 4.69) is 16.9 Å². The van der Waals surface area contributed by atoms with Gasteiger partial charge in [-0.25, -0.2) is 0 Å². The smallest absolute Gasteiger partial charge is 0.271 e. The molecule has 96 valence electrons. The Balaban J connectivity index is 1.97. The standard InChI is InChI=1S/C13H14Cl2N2O/c14-9-6-7-11(12(15)8-9)13(18)17-16-10-4-2-1-3-5-10/h4,6-8,16H,1-3,5H2,(H,17,18). The summed E-state index contributed by atoms with van der Waals surface area (Å²) < 4.78 is 0. The van der Waals surface area contributed by atoms with Crippen molar-refractivity contribution in [3.63, 3.8) is 0 Å². The van der Waals surface area contributed by atoms with Gasteiger partial charge in [-0.1, -0.05) is 29.3 Å². The maximum atomic E-state index is 11.9. The monoisotopic (exact) mass is 284 g/mol. The summed E-state index contributed by atoms with van der Waals surface area (Å²) in [6.07, 6.45) is 6.49. The summed E-state index contributed by atoms with van der Waals surface area (Å²) in [5.74, 6) is -0.261. The van der Waals surface area contributed by atoms with Crippen LogP contribution >= 0.6 is 23.2 Å². The molecule has 1 amide bonds. The normalized spacial score (nSPS) is 14.9. The van der Waals surface area contributed by atoms with Crippen LogP contribution in [0.3, 0.4) is 0 Å². The Kier molecular flexibility index (Phi) is 4.50. The minimum atomic E-state index is -0.261. The zero-order chi connectivity index (χ0) is 13.0. The lowest BCUT2D eigenvalue weighted by atomic mass is 10.1. The predicted octanol–water partition coefficient (Wildman–Crippen LogP) is 3.69. The number of nitrogens with one attached hydrogen (secondary N) is 2. The minimum absolute atomic E-state index is 0.261. The summed E-state index contributed by atoms with van der Waals surface area (Å²) >= 11 is 11.7. The zero-order valence-electron chi connectivity index (χ0n) is 9.80. The Bertz CT molecular complexity index is 486. The quantitative estimate of drug-likeness (QED) is 0.832. The first-order valence-corrected chi connectivity index (χ1v) is 6.63. The molecule has 0 aliphatic heterocycles. The first kappa shape index (κ1) is 13.2. The third kappa shape index (κ3) is 3.40. The maximum Gasteiger partial charge on any atom is 0.271 e. The molecule has 2 N–H and O–H groups in total. The molecule has 3 nitrogen and oxygen atoms in total. The van der Waals surface area contributed by atoms with Gasteiger partial charge in [-0.05, 0) is 43.9 Å². The van der Waals surface area contributed by atoms with E-state index in [0.717, 1.165) is 25.0 Å². The number of carbonyl (C=O) groups is 1. The third-order valence-corrected chi connectivity index (χ3v) is 3.35. The number of hydrogen-bond donors (Lipinski definition) is 2.